The van der Waals surface area contributed by atoms with Crippen LogP contribution in [-0.4, -0.2) is 5.91 Å². The number of benzene rings is 1. The number of carbonyl (C=O) groups excluding carboxylic acids is 1. The number of amides is 1. The Balaban J connectivity index is 2.16. The van der Waals surface area contributed by atoms with Crippen LogP contribution < -0.4 is 9.88 Å². The molecule has 20 heavy (non-hydrogen) atoms. The fourth-order valence-electron chi connectivity index (χ4n) is 2.04. The molecule has 0 fully saturated rings. The van der Waals surface area contributed by atoms with E-state index >= 15 is 0 Å². The van der Waals surface area contributed by atoms with Gasteiger partial charge in [-0.15, -0.1) is 0 Å². The van der Waals surface area contributed by atoms with Gasteiger partial charge < -0.3 is 5.32 Å². The predicted molar refractivity (Wildman–Crippen MR) is 80.9 cm³/mol. The molecule has 0 spiro atoms. The van der Waals surface area contributed by atoms with E-state index in [0.29, 0.717) is 5.02 Å². The van der Waals surface area contributed by atoms with Gasteiger partial charge in [-0.1, -0.05) is 11.6 Å². The Morgan fingerprint density at radius 2 is 1.85 bits per heavy atom. The van der Waals surface area contributed by atoms with E-state index in [1.165, 1.54) is 5.56 Å². The molecule has 1 aromatic carbocycles. The first-order chi connectivity index (χ1) is 9.49. The van der Waals surface area contributed by atoms with Crippen LogP contribution in [0.4, 0.5) is 5.69 Å². The molecular weight excluding hydrogens is 272 g/mol. The molecule has 1 aromatic heterocycles. The first-order valence-electron chi connectivity index (χ1n) is 6.53. The maximum absolute atomic E-state index is 12.3. The summed E-state index contributed by atoms with van der Waals surface area (Å²) in [6, 6.07) is 10.8. The molecule has 0 aliphatic carbocycles. The van der Waals surface area contributed by atoms with Crippen molar-refractivity contribution in [3.05, 3.63) is 58.9 Å². The molecule has 1 N–H and O–H groups in total. The molecule has 1 amide bonds. The lowest BCUT2D eigenvalue weighted by Crippen LogP contribution is -2.47. The van der Waals surface area contributed by atoms with Crippen LogP contribution in [0, 0.1) is 13.8 Å². The second kappa shape index (κ2) is 6.06. The number of hydrogen-bond acceptors (Lipinski definition) is 1. The zero-order chi connectivity index (χ0) is 14.7. The first kappa shape index (κ1) is 14.5. The van der Waals surface area contributed by atoms with Crippen molar-refractivity contribution in [2.45, 2.75) is 26.8 Å². The average molecular weight is 290 g/mol. The Labute approximate surface area is 124 Å². The highest BCUT2D eigenvalue weighted by Gasteiger charge is 2.24. The number of anilines is 1. The van der Waals surface area contributed by atoms with Crippen molar-refractivity contribution in [1.82, 2.24) is 0 Å². The summed E-state index contributed by atoms with van der Waals surface area (Å²) >= 11 is 5.83. The molecule has 2 rings (SSSR count). The maximum Gasteiger partial charge on any atom is 0.293 e. The lowest BCUT2D eigenvalue weighted by molar-refractivity contribution is -0.711. The van der Waals surface area contributed by atoms with E-state index in [1.807, 2.05) is 43.7 Å². The minimum absolute atomic E-state index is 0.0500. The lowest BCUT2D eigenvalue weighted by Gasteiger charge is -2.11. The summed E-state index contributed by atoms with van der Waals surface area (Å²) in [4.78, 5) is 12.3. The SMILES string of the molecule is Cc1ccc[n+]([C@@H](C)C(=O)Nc2ccc(Cl)cc2)c1C. The van der Waals surface area contributed by atoms with Crippen molar-refractivity contribution < 1.29 is 9.36 Å². The van der Waals surface area contributed by atoms with Gasteiger partial charge in [-0.3, -0.25) is 4.79 Å². The molecule has 0 aliphatic heterocycles. The van der Waals surface area contributed by atoms with Crippen LogP contribution in [0.1, 0.15) is 24.2 Å². The van der Waals surface area contributed by atoms with Crippen molar-refractivity contribution in [2.75, 3.05) is 5.32 Å². The molecule has 1 atom stereocenters. The zero-order valence-electron chi connectivity index (χ0n) is 11.9. The molecule has 0 aliphatic rings. The Morgan fingerprint density at radius 3 is 2.50 bits per heavy atom. The molecule has 0 radical (unpaired) electrons. The Kier molecular flexibility index (Phi) is 4.40. The van der Waals surface area contributed by atoms with E-state index in [0.717, 1.165) is 11.4 Å². The summed E-state index contributed by atoms with van der Waals surface area (Å²) in [6.07, 6.45) is 1.93. The van der Waals surface area contributed by atoms with Crippen molar-refractivity contribution in [3.63, 3.8) is 0 Å². The van der Waals surface area contributed by atoms with Crippen LogP contribution >= 0.6 is 11.6 Å². The van der Waals surface area contributed by atoms with Gasteiger partial charge in [-0.2, -0.15) is 4.57 Å². The van der Waals surface area contributed by atoms with E-state index in [2.05, 4.69) is 5.32 Å². The summed E-state index contributed by atoms with van der Waals surface area (Å²) in [5, 5.41) is 3.55. The van der Waals surface area contributed by atoms with Crippen molar-refractivity contribution in [1.29, 1.82) is 0 Å². The second-order valence-corrected chi connectivity index (χ2v) is 5.29. The minimum atomic E-state index is -0.273. The monoisotopic (exact) mass is 289 g/mol. The van der Waals surface area contributed by atoms with Gasteiger partial charge in [0.2, 0.25) is 6.04 Å². The van der Waals surface area contributed by atoms with Crippen LogP contribution in [0.25, 0.3) is 0 Å². The lowest BCUT2D eigenvalue weighted by atomic mass is 10.2. The topological polar surface area (TPSA) is 33.0 Å². The van der Waals surface area contributed by atoms with Gasteiger partial charge in [-0.25, -0.2) is 0 Å². The fraction of sp³-hybridized carbons (Fsp3) is 0.250. The molecule has 0 unspecified atom stereocenters. The van der Waals surface area contributed by atoms with Gasteiger partial charge in [0, 0.05) is 36.2 Å². The van der Waals surface area contributed by atoms with Gasteiger partial charge in [0.1, 0.15) is 0 Å². The zero-order valence-corrected chi connectivity index (χ0v) is 12.6. The number of nitrogens with one attached hydrogen (secondary N) is 1. The average Bonchev–Trinajstić information content (AvgIpc) is 2.43. The molecule has 0 saturated heterocycles. The summed E-state index contributed by atoms with van der Waals surface area (Å²) in [6.45, 7) is 5.94. The third kappa shape index (κ3) is 3.17. The number of rotatable bonds is 3. The van der Waals surface area contributed by atoms with E-state index in [-0.39, 0.29) is 11.9 Å². The minimum Gasteiger partial charge on any atom is -0.320 e. The first-order valence-corrected chi connectivity index (χ1v) is 6.90. The fourth-order valence-corrected chi connectivity index (χ4v) is 2.17. The smallest absolute Gasteiger partial charge is 0.293 e. The van der Waals surface area contributed by atoms with Crippen LogP contribution in [0.3, 0.4) is 0 Å². The number of hydrogen-bond donors (Lipinski definition) is 1. The molecule has 4 heteroatoms. The summed E-state index contributed by atoms with van der Waals surface area (Å²) in [5.41, 5.74) is 3.00. The Hall–Kier alpha value is -1.87. The highest BCUT2D eigenvalue weighted by atomic mass is 35.5. The summed E-state index contributed by atoms with van der Waals surface area (Å²) < 4.78 is 1.97. The third-order valence-electron chi connectivity index (χ3n) is 3.46. The van der Waals surface area contributed by atoms with Crippen molar-refractivity contribution in [2.24, 2.45) is 0 Å². The van der Waals surface area contributed by atoms with Gasteiger partial charge in [0.15, 0.2) is 11.9 Å². The van der Waals surface area contributed by atoms with Gasteiger partial charge in [0.25, 0.3) is 5.91 Å². The van der Waals surface area contributed by atoms with Crippen LogP contribution in [0.5, 0.6) is 0 Å². The number of aryl methyl sites for hydroxylation is 1. The summed E-state index contributed by atoms with van der Waals surface area (Å²) in [7, 11) is 0. The van der Waals surface area contributed by atoms with Crippen molar-refractivity contribution >= 4 is 23.2 Å². The molecular formula is C16H18ClN2O+. The molecule has 0 bridgehead atoms. The van der Waals surface area contributed by atoms with E-state index < -0.39 is 0 Å². The Bertz CT molecular complexity index is 623. The molecule has 104 valence electrons. The number of carbonyl (C=O) groups is 1. The quantitative estimate of drug-likeness (QED) is 0.863. The molecule has 1 heterocycles. The molecule has 2 aromatic rings. The highest BCUT2D eigenvalue weighted by molar-refractivity contribution is 6.30. The Morgan fingerprint density at radius 1 is 1.20 bits per heavy atom. The number of halogens is 1. The van der Waals surface area contributed by atoms with Crippen molar-refractivity contribution in [3.8, 4) is 0 Å². The third-order valence-corrected chi connectivity index (χ3v) is 3.71. The van der Waals surface area contributed by atoms with E-state index in [9.17, 15) is 4.79 Å². The largest absolute Gasteiger partial charge is 0.320 e. The number of aromatic nitrogens is 1. The summed E-state index contributed by atoms with van der Waals surface area (Å²) in [5.74, 6) is -0.0500. The normalized spacial score (nSPS) is 12.0. The van der Waals surface area contributed by atoms with E-state index in [1.54, 1.807) is 24.3 Å². The number of nitrogens with zero attached hydrogens (tertiary/aromatic N) is 1. The standard InChI is InChI=1S/C16H17ClN2O/c1-11-5-4-10-19(12(11)2)13(3)16(20)18-15-8-6-14(17)7-9-15/h4-10,13H,1-3H3/p+1/t13-/m0/s1. The number of pyridine rings is 1. The van der Waals surface area contributed by atoms with Crippen LogP contribution in [0.2, 0.25) is 5.02 Å². The highest BCUT2D eigenvalue weighted by Crippen LogP contribution is 2.14. The molecule has 0 saturated carbocycles. The second-order valence-electron chi connectivity index (χ2n) is 4.86. The van der Waals surface area contributed by atoms with E-state index in [4.69, 9.17) is 11.6 Å². The van der Waals surface area contributed by atoms with Crippen LogP contribution in [-0.2, 0) is 4.79 Å². The van der Waals surface area contributed by atoms with Gasteiger partial charge >= 0.3 is 0 Å². The predicted octanol–water partition coefficient (Wildman–Crippen LogP) is 3.44. The maximum atomic E-state index is 12.3. The van der Waals surface area contributed by atoms with Crippen LogP contribution in [0.15, 0.2) is 42.6 Å². The molecule has 3 nitrogen and oxygen atoms in total. The van der Waals surface area contributed by atoms with Gasteiger partial charge in [-0.05, 0) is 37.3 Å². The van der Waals surface area contributed by atoms with Gasteiger partial charge in [0.05, 0.1) is 0 Å².